The quantitative estimate of drug-likeness (QED) is 0.672. The van der Waals surface area contributed by atoms with E-state index >= 15 is 0 Å². The summed E-state index contributed by atoms with van der Waals surface area (Å²) in [6, 6.07) is 9.72. The van der Waals surface area contributed by atoms with Gasteiger partial charge in [0.2, 0.25) is 0 Å². The molecule has 1 fully saturated rings. The molecule has 1 aliphatic carbocycles. The second-order valence-corrected chi connectivity index (χ2v) is 12.9. The highest BCUT2D eigenvalue weighted by Gasteiger charge is 2.40. The second-order valence-electron chi connectivity index (χ2n) is 6.29. The molecule has 1 aliphatic rings. The van der Waals surface area contributed by atoms with Gasteiger partial charge >= 0.3 is 17.4 Å². The van der Waals surface area contributed by atoms with Crippen LogP contribution >= 0.6 is 0 Å². The van der Waals surface area contributed by atoms with E-state index in [0.29, 0.717) is 0 Å². The average molecular weight is 387 g/mol. The van der Waals surface area contributed by atoms with Crippen molar-refractivity contribution in [1.82, 2.24) is 0 Å². The standard InChI is InChI=1S/C9H14O3Si.C9H20O2Si/c1-10-13(11-2,12-3)9-7-5-4-6-8-9;1-10-12(3,11-2)9-7-5-4-6-8-9/h4-8H,1-3H3;9H,4-8H2,1-3H3. The summed E-state index contributed by atoms with van der Waals surface area (Å²) in [6.45, 7) is 2.18. The van der Waals surface area contributed by atoms with Crippen molar-refractivity contribution >= 4 is 22.6 Å². The molecular weight excluding hydrogens is 352 g/mol. The van der Waals surface area contributed by atoms with Gasteiger partial charge in [-0.15, -0.1) is 0 Å². The summed E-state index contributed by atoms with van der Waals surface area (Å²) in [4.78, 5) is 0. The van der Waals surface area contributed by atoms with Gasteiger partial charge < -0.3 is 22.1 Å². The highest BCUT2D eigenvalue weighted by Crippen LogP contribution is 2.37. The molecule has 0 spiro atoms. The predicted octanol–water partition coefficient (Wildman–Crippen LogP) is 3.46. The topological polar surface area (TPSA) is 46.2 Å². The summed E-state index contributed by atoms with van der Waals surface area (Å²) >= 11 is 0. The summed E-state index contributed by atoms with van der Waals surface area (Å²) in [7, 11) is 4.01. The van der Waals surface area contributed by atoms with Crippen molar-refractivity contribution in [3.05, 3.63) is 30.3 Å². The summed E-state index contributed by atoms with van der Waals surface area (Å²) in [5.41, 5.74) is 0.723. The van der Waals surface area contributed by atoms with Crippen LogP contribution in [0.4, 0.5) is 0 Å². The molecular formula is C18H34O5Si2. The van der Waals surface area contributed by atoms with Crippen LogP contribution in [-0.4, -0.2) is 52.9 Å². The molecule has 0 aromatic heterocycles. The van der Waals surface area contributed by atoms with Crippen LogP contribution in [-0.2, 0) is 22.1 Å². The Morgan fingerprint density at radius 3 is 1.60 bits per heavy atom. The van der Waals surface area contributed by atoms with E-state index < -0.39 is 17.4 Å². The van der Waals surface area contributed by atoms with Crippen molar-refractivity contribution in [2.24, 2.45) is 0 Å². The second kappa shape index (κ2) is 11.2. The van der Waals surface area contributed by atoms with Gasteiger partial charge in [-0.2, -0.15) is 0 Å². The first kappa shape index (κ1) is 22.5. The molecule has 25 heavy (non-hydrogen) atoms. The Balaban J connectivity index is 0.000000251. The van der Waals surface area contributed by atoms with Crippen LogP contribution < -0.4 is 5.19 Å². The van der Waals surface area contributed by atoms with E-state index in [4.69, 9.17) is 22.1 Å². The van der Waals surface area contributed by atoms with Gasteiger partial charge in [-0.1, -0.05) is 49.6 Å². The average Bonchev–Trinajstić information content (AvgIpc) is 2.71. The fourth-order valence-electron chi connectivity index (χ4n) is 3.29. The lowest BCUT2D eigenvalue weighted by Crippen LogP contribution is -2.54. The summed E-state index contributed by atoms with van der Waals surface area (Å²) in [6.07, 6.45) is 6.74. The summed E-state index contributed by atoms with van der Waals surface area (Å²) in [5, 5.41) is 0.975. The van der Waals surface area contributed by atoms with E-state index in [0.717, 1.165) is 10.7 Å². The van der Waals surface area contributed by atoms with Gasteiger partial charge in [0.05, 0.1) is 0 Å². The lowest BCUT2D eigenvalue weighted by molar-refractivity contribution is 0.140. The number of benzene rings is 1. The lowest BCUT2D eigenvalue weighted by Gasteiger charge is -2.34. The molecule has 0 bridgehead atoms. The van der Waals surface area contributed by atoms with Crippen LogP contribution in [0.1, 0.15) is 32.1 Å². The molecule has 144 valence electrons. The van der Waals surface area contributed by atoms with Crippen LogP contribution in [0, 0.1) is 0 Å². The number of hydrogen-bond acceptors (Lipinski definition) is 5. The molecule has 7 heteroatoms. The van der Waals surface area contributed by atoms with Gasteiger partial charge in [0, 0.05) is 46.3 Å². The van der Waals surface area contributed by atoms with E-state index in [9.17, 15) is 0 Å². The largest absolute Gasteiger partial charge is 0.536 e. The van der Waals surface area contributed by atoms with Crippen molar-refractivity contribution in [3.63, 3.8) is 0 Å². The minimum absolute atomic E-state index is 0.723. The van der Waals surface area contributed by atoms with Crippen LogP contribution in [0.2, 0.25) is 12.1 Å². The van der Waals surface area contributed by atoms with Gasteiger partial charge in [0.25, 0.3) is 0 Å². The predicted molar refractivity (Wildman–Crippen MR) is 105 cm³/mol. The first-order valence-electron chi connectivity index (χ1n) is 8.83. The monoisotopic (exact) mass is 386 g/mol. The van der Waals surface area contributed by atoms with Crippen molar-refractivity contribution in [2.75, 3.05) is 35.5 Å². The molecule has 0 N–H and O–H groups in total. The summed E-state index contributed by atoms with van der Waals surface area (Å²) < 4.78 is 27.0. The third-order valence-corrected chi connectivity index (χ3v) is 11.4. The molecule has 0 amide bonds. The van der Waals surface area contributed by atoms with Crippen molar-refractivity contribution in [3.8, 4) is 0 Å². The molecule has 0 radical (unpaired) electrons. The van der Waals surface area contributed by atoms with Crippen LogP contribution in [0.15, 0.2) is 30.3 Å². The number of rotatable bonds is 7. The molecule has 2 rings (SSSR count). The van der Waals surface area contributed by atoms with Crippen molar-refractivity contribution in [2.45, 2.75) is 44.2 Å². The first-order chi connectivity index (χ1) is 12.0. The lowest BCUT2D eigenvalue weighted by atomic mass is 10.0. The smallest absolute Gasteiger partial charge is 0.398 e. The van der Waals surface area contributed by atoms with Gasteiger partial charge in [0.15, 0.2) is 0 Å². The van der Waals surface area contributed by atoms with Crippen LogP contribution in [0.25, 0.3) is 0 Å². The van der Waals surface area contributed by atoms with Crippen molar-refractivity contribution in [1.29, 1.82) is 0 Å². The van der Waals surface area contributed by atoms with Gasteiger partial charge in [0.1, 0.15) is 0 Å². The Morgan fingerprint density at radius 1 is 0.720 bits per heavy atom. The highest BCUT2D eigenvalue weighted by atomic mass is 28.4. The zero-order chi connectivity index (χ0) is 18.8. The molecule has 1 aromatic rings. The third-order valence-electron chi connectivity index (χ3n) is 5.09. The van der Waals surface area contributed by atoms with Gasteiger partial charge in [-0.3, -0.25) is 0 Å². The maximum Gasteiger partial charge on any atom is 0.536 e. The SMILES string of the molecule is CO[Si](C)(OC)C1CCCCC1.CO[Si](OC)(OC)c1ccccc1. The zero-order valence-corrected chi connectivity index (χ0v) is 18.5. The Hall–Kier alpha value is -0.546. The summed E-state index contributed by atoms with van der Waals surface area (Å²) in [5.74, 6) is 0. The Kier molecular flexibility index (Phi) is 10.1. The highest BCUT2D eigenvalue weighted by molar-refractivity contribution is 6.75. The van der Waals surface area contributed by atoms with Crippen molar-refractivity contribution < 1.29 is 22.1 Å². The van der Waals surface area contributed by atoms with E-state index in [1.54, 1.807) is 35.5 Å². The van der Waals surface area contributed by atoms with Crippen LogP contribution in [0.5, 0.6) is 0 Å². The minimum Gasteiger partial charge on any atom is -0.398 e. The number of hydrogen-bond donors (Lipinski definition) is 0. The van der Waals surface area contributed by atoms with Gasteiger partial charge in [-0.25, -0.2) is 0 Å². The van der Waals surface area contributed by atoms with E-state index in [-0.39, 0.29) is 0 Å². The molecule has 0 aliphatic heterocycles. The van der Waals surface area contributed by atoms with Crippen LogP contribution in [0.3, 0.4) is 0 Å². The van der Waals surface area contributed by atoms with E-state index in [1.165, 1.54) is 32.1 Å². The Labute approximate surface area is 155 Å². The molecule has 0 saturated heterocycles. The van der Waals surface area contributed by atoms with E-state index in [2.05, 4.69) is 6.55 Å². The molecule has 1 aromatic carbocycles. The molecule has 0 heterocycles. The molecule has 0 unspecified atom stereocenters. The fraction of sp³-hybridized carbons (Fsp3) is 0.667. The maximum atomic E-state index is 5.54. The Morgan fingerprint density at radius 2 is 1.20 bits per heavy atom. The normalized spacial score (nSPS) is 16.2. The molecule has 1 saturated carbocycles. The first-order valence-corrected chi connectivity index (χ1v) is 12.9. The fourth-order valence-corrected chi connectivity index (χ4v) is 7.39. The zero-order valence-electron chi connectivity index (χ0n) is 16.5. The van der Waals surface area contributed by atoms with Gasteiger partial charge in [-0.05, 0) is 19.4 Å². The minimum atomic E-state index is -2.59. The third kappa shape index (κ3) is 5.99. The maximum absolute atomic E-state index is 5.54. The van der Waals surface area contributed by atoms with E-state index in [1.807, 2.05) is 30.3 Å². The molecule has 5 nitrogen and oxygen atoms in total. The molecule has 0 atom stereocenters. The Bertz CT molecular complexity index is 450.